The second-order valence-corrected chi connectivity index (χ2v) is 7.13. The Morgan fingerprint density at radius 2 is 1.67 bits per heavy atom. The smallest absolute Gasteiger partial charge is 0.255 e. The third-order valence-corrected chi connectivity index (χ3v) is 5.10. The number of nitrogens with one attached hydrogen (secondary N) is 2. The maximum atomic E-state index is 12.8. The SMILES string of the molecule is CC[C@@H](C)NS(=O)(=O)c1ccc(C(=O)Nc2ccc(F)cc2)cc1. The number of carbonyl (C=O) groups excluding carboxylic acids is 1. The first-order valence-corrected chi connectivity index (χ1v) is 8.99. The molecule has 0 bridgehead atoms. The molecule has 0 saturated heterocycles. The lowest BCUT2D eigenvalue weighted by molar-refractivity contribution is 0.102. The highest BCUT2D eigenvalue weighted by Crippen LogP contribution is 2.14. The van der Waals surface area contributed by atoms with Gasteiger partial charge in [0.25, 0.3) is 5.91 Å². The van der Waals surface area contributed by atoms with E-state index >= 15 is 0 Å². The minimum Gasteiger partial charge on any atom is -0.322 e. The quantitative estimate of drug-likeness (QED) is 0.840. The van der Waals surface area contributed by atoms with Gasteiger partial charge in [0.05, 0.1) is 4.90 Å². The lowest BCUT2D eigenvalue weighted by atomic mass is 10.2. The molecule has 128 valence electrons. The van der Waals surface area contributed by atoms with Gasteiger partial charge in [-0.05, 0) is 61.9 Å². The summed E-state index contributed by atoms with van der Waals surface area (Å²) in [4.78, 5) is 12.2. The fourth-order valence-electron chi connectivity index (χ4n) is 1.94. The van der Waals surface area contributed by atoms with Gasteiger partial charge in [-0.25, -0.2) is 17.5 Å². The van der Waals surface area contributed by atoms with Crippen molar-refractivity contribution in [2.24, 2.45) is 0 Å². The van der Waals surface area contributed by atoms with E-state index in [1.54, 1.807) is 6.92 Å². The highest BCUT2D eigenvalue weighted by molar-refractivity contribution is 7.89. The summed E-state index contributed by atoms with van der Waals surface area (Å²) in [6.45, 7) is 3.66. The Kier molecular flexibility index (Phi) is 5.69. The van der Waals surface area contributed by atoms with E-state index in [9.17, 15) is 17.6 Å². The van der Waals surface area contributed by atoms with Gasteiger partial charge in [0.1, 0.15) is 5.82 Å². The third-order valence-electron chi connectivity index (χ3n) is 3.50. The highest BCUT2D eigenvalue weighted by Gasteiger charge is 2.17. The van der Waals surface area contributed by atoms with E-state index in [4.69, 9.17) is 0 Å². The zero-order valence-corrected chi connectivity index (χ0v) is 14.2. The van der Waals surface area contributed by atoms with E-state index in [2.05, 4.69) is 10.0 Å². The summed E-state index contributed by atoms with van der Waals surface area (Å²) in [7, 11) is -3.60. The van der Waals surface area contributed by atoms with Crippen molar-refractivity contribution in [3.63, 3.8) is 0 Å². The molecule has 24 heavy (non-hydrogen) atoms. The van der Waals surface area contributed by atoms with Crippen LogP contribution in [-0.4, -0.2) is 20.4 Å². The third kappa shape index (κ3) is 4.62. The number of carbonyl (C=O) groups is 1. The average molecular weight is 350 g/mol. The average Bonchev–Trinajstić information content (AvgIpc) is 2.56. The molecule has 0 saturated carbocycles. The van der Waals surface area contributed by atoms with E-state index < -0.39 is 21.7 Å². The number of hydrogen-bond acceptors (Lipinski definition) is 3. The lowest BCUT2D eigenvalue weighted by Crippen LogP contribution is -2.32. The predicted octanol–water partition coefficient (Wildman–Crippen LogP) is 3.15. The molecule has 1 amide bonds. The van der Waals surface area contributed by atoms with Crippen molar-refractivity contribution in [2.75, 3.05) is 5.32 Å². The molecule has 0 aliphatic heterocycles. The monoisotopic (exact) mass is 350 g/mol. The van der Waals surface area contributed by atoms with Gasteiger partial charge < -0.3 is 5.32 Å². The van der Waals surface area contributed by atoms with Crippen LogP contribution in [0.15, 0.2) is 53.4 Å². The first kappa shape index (κ1) is 18.1. The Bertz CT molecular complexity index is 803. The highest BCUT2D eigenvalue weighted by atomic mass is 32.2. The lowest BCUT2D eigenvalue weighted by Gasteiger charge is -2.12. The van der Waals surface area contributed by atoms with Crippen LogP contribution >= 0.6 is 0 Å². The predicted molar refractivity (Wildman–Crippen MR) is 90.9 cm³/mol. The summed E-state index contributed by atoms with van der Waals surface area (Å²) in [5.74, 6) is -0.795. The number of rotatable bonds is 6. The Balaban J connectivity index is 2.11. The summed E-state index contributed by atoms with van der Waals surface area (Å²) in [6, 6.07) is 10.8. The van der Waals surface area contributed by atoms with Gasteiger partial charge in [0.2, 0.25) is 10.0 Å². The zero-order chi connectivity index (χ0) is 17.7. The van der Waals surface area contributed by atoms with Crippen molar-refractivity contribution in [1.29, 1.82) is 0 Å². The van der Waals surface area contributed by atoms with E-state index in [1.807, 2.05) is 6.92 Å². The molecule has 7 heteroatoms. The van der Waals surface area contributed by atoms with Crippen molar-refractivity contribution < 1.29 is 17.6 Å². The fraction of sp³-hybridized carbons (Fsp3) is 0.235. The van der Waals surface area contributed by atoms with Crippen molar-refractivity contribution >= 4 is 21.6 Å². The van der Waals surface area contributed by atoms with Crippen molar-refractivity contribution in [2.45, 2.75) is 31.2 Å². The Hall–Kier alpha value is -2.25. The number of hydrogen-bond donors (Lipinski definition) is 2. The molecule has 2 aromatic carbocycles. The van der Waals surface area contributed by atoms with Crippen LogP contribution in [0, 0.1) is 5.82 Å². The summed E-state index contributed by atoms with van der Waals surface area (Å²) in [5, 5.41) is 2.61. The summed E-state index contributed by atoms with van der Waals surface area (Å²) < 4.78 is 39.7. The molecular formula is C17H19FN2O3S. The molecule has 2 aromatic rings. The largest absolute Gasteiger partial charge is 0.322 e. The molecule has 0 spiro atoms. The summed E-state index contributed by atoms with van der Waals surface area (Å²) in [5.41, 5.74) is 0.762. The van der Waals surface area contributed by atoms with E-state index in [-0.39, 0.29) is 10.9 Å². The van der Waals surface area contributed by atoms with Crippen molar-refractivity contribution in [3.8, 4) is 0 Å². The molecule has 0 aromatic heterocycles. The molecule has 2 N–H and O–H groups in total. The Morgan fingerprint density at radius 3 is 2.21 bits per heavy atom. The topological polar surface area (TPSA) is 75.3 Å². The van der Waals surface area contributed by atoms with Crippen LogP contribution in [0.25, 0.3) is 0 Å². The fourth-order valence-corrected chi connectivity index (χ4v) is 3.27. The first-order chi connectivity index (χ1) is 11.3. The molecule has 2 rings (SSSR count). The Labute approximate surface area is 141 Å². The number of sulfonamides is 1. The van der Waals surface area contributed by atoms with Gasteiger partial charge >= 0.3 is 0 Å². The van der Waals surface area contributed by atoms with E-state index in [0.29, 0.717) is 17.7 Å². The molecule has 0 aliphatic carbocycles. The molecule has 0 aliphatic rings. The molecular weight excluding hydrogens is 331 g/mol. The normalized spacial score (nSPS) is 12.6. The van der Waals surface area contributed by atoms with Gasteiger partial charge in [-0.1, -0.05) is 6.92 Å². The van der Waals surface area contributed by atoms with Crippen LogP contribution in [0.4, 0.5) is 10.1 Å². The minimum atomic E-state index is -3.60. The number of benzene rings is 2. The molecule has 1 atom stereocenters. The second kappa shape index (κ2) is 7.55. The van der Waals surface area contributed by atoms with Crippen LogP contribution in [0.1, 0.15) is 30.6 Å². The summed E-state index contributed by atoms with van der Waals surface area (Å²) in [6.07, 6.45) is 0.678. The summed E-state index contributed by atoms with van der Waals surface area (Å²) >= 11 is 0. The van der Waals surface area contributed by atoms with Crippen LogP contribution in [0.2, 0.25) is 0 Å². The minimum absolute atomic E-state index is 0.0983. The van der Waals surface area contributed by atoms with E-state index in [0.717, 1.165) is 0 Å². The molecule has 0 fully saturated rings. The standard InChI is InChI=1S/C17H19FN2O3S/c1-3-12(2)20-24(22,23)16-10-4-13(5-11-16)17(21)19-15-8-6-14(18)7-9-15/h4-12,20H,3H2,1-2H3,(H,19,21)/t12-/m1/s1. The van der Waals surface area contributed by atoms with Crippen LogP contribution in [0.3, 0.4) is 0 Å². The molecule has 0 heterocycles. The van der Waals surface area contributed by atoms with Crippen molar-refractivity contribution in [3.05, 3.63) is 59.9 Å². The van der Waals surface area contributed by atoms with Gasteiger partial charge in [0, 0.05) is 17.3 Å². The number of anilines is 1. The zero-order valence-electron chi connectivity index (χ0n) is 13.4. The second-order valence-electron chi connectivity index (χ2n) is 5.42. The molecule has 5 nitrogen and oxygen atoms in total. The first-order valence-electron chi connectivity index (χ1n) is 7.51. The van der Waals surface area contributed by atoms with Gasteiger partial charge in [0.15, 0.2) is 0 Å². The van der Waals surface area contributed by atoms with Crippen molar-refractivity contribution in [1.82, 2.24) is 4.72 Å². The van der Waals surface area contributed by atoms with Crippen LogP contribution < -0.4 is 10.0 Å². The molecule has 0 radical (unpaired) electrons. The van der Waals surface area contributed by atoms with Crippen LogP contribution in [-0.2, 0) is 10.0 Å². The Morgan fingerprint density at radius 1 is 1.08 bits per heavy atom. The van der Waals surface area contributed by atoms with Gasteiger partial charge in [-0.15, -0.1) is 0 Å². The number of halogens is 1. The van der Waals surface area contributed by atoms with E-state index in [1.165, 1.54) is 48.5 Å². The maximum Gasteiger partial charge on any atom is 0.255 e. The van der Waals surface area contributed by atoms with Crippen LogP contribution in [0.5, 0.6) is 0 Å². The van der Waals surface area contributed by atoms with Gasteiger partial charge in [-0.2, -0.15) is 0 Å². The maximum absolute atomic E-state index is 12.8. The van der Waals surface area contributed by atoms with Gasteiger partial charge in [-0.3, -0.25) is 4.79 Å². The molecule has 0 unspecified atom stereocenters. The number of amides is 1.